The zero-order valence-electron chi connectivity index (χ0n) is 17.3. The molecule has 3 heteroatoms. The van der Waals surface area contributed by atoms with E-state index >= 15 is 0 Å². The number of hydrogen-bond acceptors (Lipinski definition) is 2. The molecule has 0 unspecified atom stereocenters. The minimum Gasteiger partial charge on any atom is -0.381 e. The van der Waals surface area contributed by atoms with Crippen molar-refractivity contribution in [3.8, 4) is 11.8 Å². The van der Waals surface area contributed by atoms with E-state index in [1.54, 1.807) is 6.07 Å². The lowest BCUT2D eigenvalue weighted by Gasteiger charge is -2.07. The maximum absolute atomic E-state index is 13.0. The molecule has 1 aromatic carbocycles. The SMILES string of the molecule is CC(C)OCCCOCCCCCCCCCCC#Cc1cccc(F)c1. The van der Waals surface area contributed by atoms with Crippen molar-refractivity contribution in [3.63, 3.8) is 0 Å². The monoisotopic (exact) mass is 376 g/mol. The molecule has 0 aromatic heterocycles. The van der Waals surface area contributed by atoms with Gasteiger partial charge in [-0.3, -0.25) is 0 Å². The number of hydrogen-bond donors (Lipinski definition) is 0. The van der Waals surface area contributed by atoms with Gasteiger partial charge in [0.05, 0.1) is 6.10 Å². The molecule has 1 aromatic rings. The molecule has 0 fully saturated rings. The van der Waals surface area contributed by atoms with Crippen LogP contribution in [0, 0.1) is 17.7 Å². The number of unbranched alkanes of at least 4 members (excludes halogenated alkanes) is 8. The normalized spacial score (nSPS) is 10.8. The fourth-order valence-electron chi connectivity index (χ4n) is 2.79. The second-order valence-corrected chi connectivity index (χ2v) is 7.28. The van der Waals surface area contributed by atoms with E-state index in [1.807, 2.05) is 6.07 Å². The van der Waals surface area contributed by atoms with Crippen molar-refractivity contribution in [2.45, 2.75) is 84.2 Å². The molecule has 152 valence electrons. The lowest BCUT2D eigenvalue weighted by atomic mass is 10.1. The fraction of sp³-hybridized carbons (Fsp3) is 0.667. The van der Waals surface area contributed by atoms with Gasteiger partial charge >= 0.3 is 0 Å². The minimum atomic E-state index is -0.218. The highest BCUT2D eigenvalue weighted by Crippen LogP contribution is 2.10. The molecule has 0 saturated heterocycles. The third kappa shape index (κ3) is 15.4. The summed E-state index contributed by atoms with van der Waals surface area (Å²) >= 11 is 0. The van der Waals surface area contributed by atoms with E-state index in [-0.39, 0.29) is 5.82 Å². The van der Waals surface area contributed by atoms with Gasteiger partial charge in [0, 0.05) is 31.8 Å². The molecule has 0 radical (unpaired) electrons. The molecule has 27 heavy (non-hydrogen) atoms. The van der Waals surface area contributed by atoms with Crippen molar-refractivity contribution in [1.82, 2.24) is 0 Å². The molecule has 0 N–H and O–H groups in total. The van der Waals surface area contributed by atoms with Crippen molar-refractivity contribution in [2.24, 2.45) is 0 Å². The van der Waals surface area contributed by atoms with Gasteiger partial charge in [0.2, 0.25) is 0 Å². The molecule has 2 nitrogen and oxygen atoms in total. The Morgan fingerprint density at radius 1 is 0.852 bits per heavy atom. The summed E-state index contributed by atoms with van der Waals surface area (Å²) in [5, 5.41) is 0. The van der Waals surface area contributed by atoms with Crippen LogP contribution in [0.2, 0.25) is 0 Å². The first-order chi connectivity index (χ1) is 13.2. The molecule has 0 spiro atoms. The Labute approximate surface area is 165 Å². The van der Waals surface area contributed by atoms with Crippen LogP contribution in [0.25, 0.3) is 0 Å². The quantitative estimate of drug-likeness (QED) is 0.256. The van der Waals surface area contributed by atoms with Crippen molar-refractivity contribution < 1.29 is 13.9 Å². The molecule has 0 saturated carbocycles. The Balaban J connectivity index is 1.79. The summed E-state index contributed by atoms with van der Waals surface area (Å²) in [6, 6.07) is 6.48. The third-order valence-corrected chi connectivity index (χ3v) is 4.28. The van der Waals surface area contributed by atoms with E-state index in [0.29, 0.717) is 6.10 Å². The summed E-state index contributed by atoms with van der Waals surface area (Å²) in [7, 11) is 0. The van der Waals surface area contributed by atoms with Crippen LogP contribution in [0.5, 0.6) is 0 Å². The minimum absolute atomic E-state index is 0.218. The van der Waals surface area contributed by atoms with Gasteiger partial charge in [-0.15, -0.1) is 0 Å². The van der Waals surface area contributed by atoms with Gasteiger partial charge in [0.25, 0.3) is 0 Å². The number of halogens is 1. The standard InChI is InChI=1S/C24H37FO2/c1-22(2)27-20-14-19-26-18-12-10-8-6-4-3-5-7-9-11-15-23-16-13-17-24(25)21-23/h13,16-17,21-22H,3-10,12,14,18-20H2,1-2H3. The van der Waals surface area contributed by atoms with Crippen LogP contribution in [-0.2, 0) is 9.47 Å². The Bertz CT molecular complexity index is 531. The van der Waals surface area contributed by atoms with E-state index < -0.39 is 0 Å². The van der Waals surface area contributed by atoms with Crippen molar-refractivity contribution in [3.05, 3.63) is 35.6 Å². The zero-order chi connectivity index (χ0) is 19.6. The molecular weight excluding hydrogens is 339 g/mol. The van der Waals surface area contributed by atoms with Crippen LogP contribution in [-0.4, -0.2) is 25.9 Å². The van der Waals surface area contributed by atoms with Crippen molar-refractivity contribution >= 4 is 0 Å². The predicted molar refractivity (Wildman–Crippen MR) is 111 cm³/mol. The summed E-state index contributed by atoms with van der Waals surface area (Å²) in [4.78, 5) is 0. The highest BCUT2D eigenvalue weighted by molar-refractivity contribution is 5.34. The summed E-state index contributed by atoms with van der Waals surface area (Å²) in [6.07, 6.45) is 12.2. The zero-order valence-corrected chi connectivity index (χ0v) is 17.3. The first-order valence-electron chi connectivity index (χ1n) is 10.6. The Morgan fingerprint density at radius 2 is 1.52 bits per heavy atom. The summed E-state index contributed by atoms with van der Waals surface area (Å²) in [5.74, 6) is 5.95. The van der Waals surface area contributed by atoms with E-state index in [0.717, 1.165) is 44.6 Å². The Hall–Kier alpha value is -1.37. The van der Waals surface area contributed by atoms with Gasteiger partial charge in [-0.1, -0.05) is 56.4 Å². The van der Waals surface area contributed by atoms with Crippen LogP contribution < -0.4 is 0 Å². The van der Waals surface area contributed by atoms with Gasteiger partial charge in [-0.05, 0) is 51.3 Å². The molecule has 0 aliphatic rings. The topological polar surface area (TPSA) is 18.5 Å². The van der Waals surface area contributed by atoms with Gasteiger partial charge in [0.1, 0.15) is 5.82 Å². The molecule has 1 rings (SSSR count). The van der Waals surface area contributed by atoms with Crippen LogP contribution >= 0.6 is 0 Å². The maximum Gasteiger partial charge on any atom is 0.124 e. The smallest absolute Gasteiger partial charge is 0.124 e. The number of benzene rings is 1. The highest BCUT2D eigenvalue weighted by Gasteiger charge is 1.95. The van der Waals surface area contributed by atoms with Crippen molar-refractivity contribution in [1.29, 1.82) is 0 Å². The van der Waals surface area contributed by atoms with Gasteiger partial charge in [0.15, 0.2) is 0 Å². The van der Waals surface area contributed by atoms with Crippen molar-refractivity contribution in [2.75, 3.05) is 19.8 Å². The van der Waals surface area contributed by atoms with Crippen LogP contribution in [0.4, 0.5) is 4.39 Å². The van der Waals surface area contributed by atoms with Crippen LogP contribution in [0.3, 0.4) is 0 Å². The van der Waals surface area contributed by atoms with E-state index in [2.05, 4.69) is 25.7 Å². The first kappa shape index (κ1) is 23.7. The lowest BCUT2D eigenvalue weighted by molar-refractivity contribution is 0.0507. The molecular formula is C24H37FO2. The van der Waals surface area contributed by atoms with E-state index in [9.17, 15) is 4.39 Å². The Kier molecular flexibility index (Phi) is 14.7. The van der Waals surface area contributed by atoms with E-state index in [4.69, 9.17) is 9.47 Å². The largest absolute Gasteiger partial charge is 0.381 e. The average Bonchev–Trinajstić information content (AvgIpc) is 2.64. The maximum atomic E-state index is 13.0. The van der Waals surface area contributed by atoms with Gasteiger partial charge in [-0.25, -0.2) is 4.39 Å². The molecule has 0 aliphatic heterocycles. The third-order valence-electron chi connectivity index (χ3n) is 4.28. The highest BCUT2D eigenvalue weighted by atomic mass is 19.1. The second kappa shape index (κ2) is 16.8. The average molecular weight is 377 g/mol. The Morgan fingerprint density at radius 3 is 2.22 bits per heavy atom. The lowest BCUT2D eigenvalue weighted by Crippen LogP contribution is -2.07. The number of ether oxygens (including phenoxy) is 2. The summed E-state index contributed by atoms with van der Waals surface area (Å²) in [5.41, 5.74) is 0.767. The first-order valence-corrected chi connectivity index (χ1v) is 10.6. The van der Waals surface area contributed by atoms with Gasteiger partial charge in [-0.2, -0.15) is 0 Å². The molecule has 0 bridgehead atoms. The number of rotatable bonds is 15. The van der Waals surface area contributed by atoms with Gasteiger partial charge < -0.3 is 9.47 Å². The second-order valence-electron chi connectivity index (χ2n) is 7.28. The molecule has 0 amide bonds. The molecule has 0 atom stereocenters. The molecule has 0 heterocycles. The fourth-order valence-corrected chi connectivity index (χ4v) is 2.79. The predicted octanol–water partition coefficient (Wildman–Crippen LogP) is 6.52. The van der Waals surface area contributed by atoms with E-state index in [1.165, 1.54) is 57.1 Å². The molecule has 0 aliphatic carbocycles. The summed E-state index contributed by atoms with van der Waals surface area (Å²) < 4.78 is 24.1. The van der Waals surface area contributed by atoms with Crippen LogP contribution in [0.1, 0.15) is 83.6 Å². The summed E-state index contributed by atoms with van der Waals surface area (Å²) in [6.45, 7) is 6.61. The van der Waals surface area contributed by atoms with Crippen LogP contribution in [0.15, 0.2) is 24.3 Å².